The molecule has 0 radical (unpaired) electrons. The lowest BCUT2D eigenvalue weighted by Crippen LogP contribution is -2.34. The molecule has 0 N–H and O–H groups in total. The van der Waals surface area contributed by atoms with Crippen molar-refractivity contribution < 1.29 is 4.74 Å². The number of likely N-dealkylation sites (tertiary alicyclic amines) is 1. The first-order valence-corrected chi connectivity index (χ1v) is 12.1. The number of rotatable bonds is 6. The summed E-state index contributed by atoms with van der Waals surface area (Å²) < 4.78 is 7.64. The molecule has 1 unspecified atom stereocenters. The number of piperidine rings is 1. The molecule has 0 saturated carbocycles. The van der Waals surface area contributed by atoms with Crippen molar-refractivity contribution in [2.45, 2.75) is 45.1 Å². The average Bonchev–Trinajstić information content (AvgIpc) is 3.50. The Hall–Kier alpha value is -2.93. The molecule has 1 atom stereocenters. The van der Waals surface area contributed by atoms with Gasteiger partial charge in [0.05, 0.1) is 18.5 Å². The van der Waals surface area contributed by atoms with Gasteiger partial charge in [0.25, 0.3) is 0 Å². The van der Waals surface area contributed by atoms with Gasteiger partial charge in [0.15, 0.2) is 0 Å². The fourth-order valence-electron chi connectivity index (χ4n) is 5.37. The highest BCUT2D eigenvalue weighted by Gasteiger charge is 2.28. The third-order valence-electron chi connectivity index (χ3n) is 6.95. The van der Waals surface area contributed by atoms with Gasteiger partial charge in [-0.05, 0) is 50.8 Å². The SMILES string of the molecule is COc1c(C)cccc1CN1CCCC(c2nn(C)cc2-c2ccnc(N3CCCC3)n2)C1. The fraction of sp³-hybridized carbons (Fsp3) is 0.500. The quantitative estimate of drug-likeness (QED) is 0.566. The number of hydrogen-bond acceptors (Lipinski definition) is 6. The van der Waals surface area contributed by atoms with E-state index in [1.165, 1.54) is 24.0 Å². The van der Waals surface area contributed by atoms with Crippen LogP contribution in [0.2, 0.25) is 0 Å². The van der Waals surface area contributed by atoms with Gasteiger partial charge in [-0.3, -0.25) is 9.58 Å². The topological polar surface area (TPSA) is 59.3 Å². The number of anilines is 1. The largest absolute Gasteiger partial charge is 0.496 e. The van der Waals surface area contributed by atoms with E-state index >= 15 is 0 Å². The molecule has 2 saturated heterocycles. The maximum atomic E-state index is 5.70. The normalized spacial score (nSPS) is 19.2. The lowest BCUT2D eigenvalue weighted by atomic mass is 9.91. The van der Waals surface area contributed by atoms with E-state index in [0.29, 0.717) is 5.92 Å². The Morgan fingerprint density at radius 1 is 1.09 bits per heavy atom. The smallest absolute Gasteiger partial charge is 0.225 e. The van der Waals surface area contributed by atoms with Crippen LogP contribution in [0.5, 0.6) is 5.75 Å². The van der Waals surface area contributed by atoms with Crippen LogP contribution in [0.25, 0.3) is 11.3 Å². The molecule has 0 aliphatic carbocycles. The van der Waals surface area contributed by atoms with Crippen LogP contribution in [-0.2, 0) is 13.6 Å². The minimum atomic E-state index is 0.385. The Balaban J connectivity index is 1.38. The van der Waals surface area contributed by atoms with Crippen LogP contribution in [-0.4, -0.2) is 57.9 Å². The van der Waals surface area contributed by atoms with Crippen LogP contribution in [0.4, 0.5) is 5.95 Å². The van der Waals surface area contributed by atoms with E-state index in [-0.39, 0.29) is 0 Å². The van der Waals surface area contributed by atoms with Gasteiger partial charge in [-0.1, -0.05) is 18.2 Å². The molecular formula is C26H34N6O. The Morgan fingerprint density at radius 3 is 2.76 bits per heavy atom. The van der Waals surface area contributed by atoms with E-state index < -0.39 is 0 Å². The molecule has 2 fully saturated rings. The number of aryl methyl sites for hydroxylation is 2. The van der Waals surface area contributed by atoms with Crippen LogP contribution in [0.1, 0.15) is 48.4 Å². The molecule has 1 aromatic carbocycles. The fourth-order valence-corrected chi connectivity index (χ4v) is 5.37. The van der Waals surface area contributed by atoms with Crippen LogP contribution in [0.3, 0.4) is 0 Å². The number of nitrogens with zero attached hydrogens (tertiary/aromatic N) is 6. The predicted molar refractivity (Wildman–Crippen MR) is 131 cm³/mol. The third kappa shape index (κ3) is 4.60. The molecule has 2 aliphatic heterocycles. The average molecular weight is 447 g/mol. The standard InChI is InChI=1S/C26H34N6O/c1-19-8-6-9-21(25(19)33-3)17-31-13-7-10-20(16-31)24-22(18-30(2)29-24)23-11-12-27-26(28-23)32-14-4-5-15-32/h6,8-9,11-12,18,20H,4-5,7,10,13-17H2,1-3H3. The summed E-state index contributed by atoms with van der Waals surface area (Å²) in [6.45, 7) is 7.19. The van der Waals surface area contributed by atoms with Gasteiger partial charge in [-0.15, -0.1) is 0 Å². The lowest BCUT2D eigenvalue weighted by molar-refractivity contribution is 0.196. The van der Waals surface area contributed by atoms with Crippen molar-refractivity contribution in [1.82, 2.24) is 24.6 Å². The van der Waals surface area contributed by atoms with E-state index in [1.54, 1.807) is 7.11 Å². The van der Waals surface area contributed by atoms with Gasteiger partial charge in [-0.2, -0.15) is 5.10 Å². The molecule has 33 heavy (non-hydrogen) atoms. The second-order valence-corrected chi connectivity index (χ2v) is 9.38. The molecule has 174 valence electrons. The van der Waals surface area contributed by atoms with Crippen LogP contribution in [0, 0.1) is 6.92 Å². The monoisotopic (exact) mass is 446 g/mol. The molecule has 5 rings (SSSR count). The number of hydrogen-bond donors (Lipinski definition) is 0. The number of para-hydroxylation sites is 1. The third-order valence-corrected chi connectivity index (χ3v) is 6.95. The van der Waals surface area contributed by atoms with Crippen molar-refractivity contribution in [1.29, 1.82) is 0 Å². The van der Waals surface area contributed by atoms with Crippen molar-refractivity contribution in [2.75, 3.05) is 38.2 Å². The van der Waals surface area contributed by atoms with Crippen molar-refractivity contribution >= 4 is 5.95 Å². The highest BCUT2D eigenvalue weighted by atomic mass is 16.5. The van der Waals surface area contributed by atoms with Crippen LogP contribution < -0.4 is 9.64 Å². The van der Waals surface area contributed by atoms with Gasteiger partial charge < -0.3 is 9.64 Å². The molecule has 7 heteroatoms. The van der Waals surface area contributed by atoms with E-state index in [2.05, 4.69) is 46.1 Å². The highest BCUT2D eigenvalue weighted by Crippen LogP contribution is 2.34. The first-order valence-electron chi connectivity index (χ1n) is 12.1. The molecule has 7 nitrogen and oxygen atoms in total. The van der Waals surface area contributed by atoms with Gasteiger partial charge in [0.1, 0.15) is 5.75 Å². The first kappa shape index (κ1) is 21.9. The molecule has 2 aliphatic rings. The van der Waals surface area contributed by atoms with E-state index in [9.17, 15) is 0 Å². The minimum Gasteiger partial charge on any atom is -0.496 e. The predicted octanol–water partition coefficient (Wildman–Crippen LogP) is 4.17. The van der Waals surface area contributed by atoms with Crippen molar-refractivity contribution in [3.8, 4) is 17.0 Å². The Morgan fingerprint density at radius 2 is 1.94 bits per heavy atom. The zero-order chi connectivity index (χ0) is 22.8. The summed E-state index contributed by atoms with van der Waals surface area (Å²) in [6.07, 6.45) is 8.76. The number of methoxy groups -OCH3 is 1. The maximum Gasteiger partial charge on any atom is 0.225 e. The number of ether oxygens (including phenoxy) is 1. The molecular weight excluding hydrogens is 412 g/mol. The van der Waals surface area contributed by atoms with Crippen LogP contribution in [0.15, 0.2) is 36.7 Å². The summed E-state index contributed by atoms with van der Waals surface area (Å²) in [7, 11) is 3.77. The Labute approximate surface area is 196 Å². The molecule has 4 heterocycles. The van der Waals surface area contributed by atoms with Gasteiger partial charge in [-0.25, -0.2) is 9.97 Å². The zero-order valence-corrected chi connectivity index (χ0v) is 20.0. The molecule has 0 amide bonds. The Bertz CT molecular complexity index is 1100. The summed E-state index contributed by atoms with van der Waals surface area (Å²) in [5.74, 6) is 2.24. The van der Waals surface area contributed by atoms with Gasteiger partial charge in [0.2, 0.25) is 5.95 Å². The summed E-state index contributed by atoms with van der Waals surface area (Å²) in [5, 5.41) is 4.92. The molecule has 3 aromatic rings. The van der Waals surface area contributed by atoms with Crippen molar-refractivity contribution in [2.24, 2.45) is 7.05 Å². The molecule has 0 spiro atoms. The summed E-state index contributed by atoms with van der Waals surface area (Å²) in [4.78, 5) is 14.3. The van der Waals surface area contributed by atoms with Gasteiger partial charge >= 0.3 is 0 Å². The number of benzene rings is 1. The van der Waals surface area contributed by atoms with E-state index in [1.807, 2.05) is 24.0 Å². The second-order valence-electron chi connectivity index (χ2n) is 9.38. The number of aromatic nitrogens is 4. The van der Waals surface area contributed by atoms with Crippen LogP contribution >= 0.6 is 0 Å². The maximum absolute atomic E-state index is 5.70. The van der Waals surface area contributed by atoms with Gasteiger partial charge in [0, 0.05) is 62.7 Å². The minimum absolute atomic E-state index is 0.385. The highest BCUT2D eigenvalue weighted by molar-refractivity contribution is 5.63. The summed E-state index contributed by atoms with van der Waals surface area (Å²) in [5.41, 5.74) is 5.72. The van der Waals surface area contributed by atoms with E-state index in [4.69, 9.17) is 14.8 Å². The second kappa shape index (κ2) is 9.51. The Kier molecular flexibility index (Phi) is 6.31. The lowest BCUT2D eigenvalue weighted by Gasteiger charge is -2.32. The molecule has 0 bridgehead atoms. The van der Waals surface area contributed by atoms with E-state index in [0.717, 1.165) is 74.2 Å². The molecule has 2 aromatic heterocycles. The first-order chi connectivity index (χ1) is 16.1. The van der Waals surface area contributed by atoms with Crippen molar-refractivity contribution in [3.05, 3.63) is 53.5 Å². The zero-order valence-electron chi connectivity index (χ0n) is 20.0. The summed E-state index contributed by atoms with van der Waals surface area (Å²) >= 11 is 0. The summed E-state index contributed by atoms with van der Waals surface area (Å²) in [6, 6.07) is 8.44. The van der Waals surface area contributed by atoms with Crippen molar-refractivity contribution in [3.63, 3.8) is 0 Å².